The normalized spacial score (nSPS) is 11.1. The van der Waals surface area contributed by atoms with E-state index < -0.39 is 16.0 Å². The van der Waals surface area contributed by atoms with Crippen LogP contribution in [0.2, 0.25) is 0 Å². The highest BCUT2D eigenvalue weighted by Crippen LogP contribution is 2.19. The molecule has 1 heterocycles. The quantitative estimate of drug-likeness (QED) is 0.409. The van der Waals surface area contributed by atoms with Gasteiger partial charge in [-0.1, -0.05) is 18.2 Å². The second kappa shape index (κ2) is 9.66. The molecular weight excluding hydrogens is 424 g/mol. The highest BCUT2D eigenvalue weighted by molar-refractivity contribution is 7.89. The Hall–Kier alpha value is -3.01. The van der Waals surface area contributed by atoms with Gasteiger partial charge < -0.3 is 10.1 Å². The van der Waals surface area contributed by atoms with E-state index in [1.54, 1.807) is 48.5 Å². The minimum atomic E-state index is -3.48. The standard InChI is InChI=1S/C21H20N2O5S2/c1-22-30(26,27)18-11-4-15(5-12-18)6-13-20(24)28-17-9-7-16(8-10-17)23-21(25)19-3-2-14-29-19/h2-5,7-12,14,22H,6,13H2,1H3,(H,23,25). The smallest absolute Gasteiger partial charge is 0.311 e. The van der Waals surface area contributed by atoms with Crippen LogP contribution in [0.25, 0.3) is 0 Å². The van der Waals surface area contributed by atoms with E-state index in [9.17, 15) is 18.0 Å². The fraction of sp³-hybridized carbons (Fsp3) is 0.143. The summed E-state index contributed by atoms with van der Waals surface area (Å²) in [7, 11) is -2.13. The number of rotatable bonds is 8. The SMILES string of the molecule is CNS(=O)(=O)c1ccc(CCC(=O)Oc2ccc(NC(=O)c3cccs3)cc2)cc1. The Morgan fingerprint density at radius 1 is 1.00 bits per heavy atom. The minimum Gasteiger partial charge on any atom is -0.427 e. The van der Waals surface area contributed by atoms with Crippen molar-refractivity contribution in [2.45, 2.75) is 17.7 Å². The number of carbonyl (C=O) groups excluding carboxylic acids is 2. The fourth-order valence-electron chi connectivity index (χ4n) is 2.59. The first-order valence-electron chi connectivity index (χ1n) is 9.05. The molecule has 0 saturated carbocycles. The van der Waals surface area contributed by atoms with Crippen LogP contribution in [-0.2, 0) is 21.2 Å². The highest BCUT2D eigenvalue weighted by atomic mass is 32.2. The van der Waals surface area contributed by atoms with Crippen molar-refractivity contribution in [1.82, 2.24) is 4.72 Å². The molecule has 0 aliphatic carbocycles. The molecule has 0 spiro atoms. The largest absolute Gasteiger partial charge is 0.427 e. The predicted octanol–water partition coefficient (Wildman–Crippen LogP) is 3.45. The molecule has 2 aromatic carbocycles. The molecule has 0 unspecified atom stereocenters. The summed E-state index contributed by atoms with van der Waals surface area (Å²) in [5, 5.41) is 4.60. The van der Waals surface area contributed by atoms with Crippen LogP contribution >= 0.6 is 11.3 Å². The first-order valence-corrected chi connectivity index (χ1v) is 11.4. The fourth-order valence-corrected chi connectivity index (χ4v) is 3.94. The first-order chi connectivity index (χ1) is 14.4. The number of amides is 1. The number of carbonyl (C=O) groups is 2. The average molecular weight is 445 g/mol. The third-order valence-electron chi connectivity index (χ3n) is 4.21. The molecule has 0 atom stereocenters. The van der Waals surface area contributed by atoms with E-state index in [2.05, 4.69) is 10.0 Å². The van der Waals surface area contributed by atoms with Crippen LogP contribution in [0.3, 0.4) is 0 Å². The van der Waals surface area contributed by atoms with Gasteiger partial charge in [-0.2, -0.15) is 0 Å². The van der Waals surface area contributed by atoms with E-state index in [-0.39, 0.29) is 17.2 Å². The Labute approximate surface area is 178 Å². The van der Waals surface area contributed by atoms with Crippen molar-refractivity contribution >= 4 is 38.9 Å². The van der Waals surface area contributed by atoms with Crippen LogP contribution in [0, 0.1) is 0 Å². The summed E-state index contributed by atoms with van der Waals surface area (Å²) >= 11 is 1.35. The maximum atomic E-state index is 12.1. The van der Waals surface area contributed by atoms with Gasteiger partial charge in [0.05, 0.1) is 9.77 Å². The summed E-state index contributed by atoms with van der Waals surface area (Å²) in [6.45, 7) is 0. The number of anilines is 1. The van der Waals surface area contributed by atoms with Gasteiger partial charge in [0.2, 0.25) is 10.0 Å². The topological polar surface area (TPSA) is 102 Å². The Morgan fingerprint density at radius 2 is 1.70 bits per heavy atom. The summed E-state index contributed by atoms with van der Waals surface area (Å²) in [6, 6.07) is 16.4. The maximum Gasteiger partial charge on any atom is 0.311 e. The average Bonchev–Trinajstić information content (AvgIpc) is 3.29. The van der Waals surface area contributed by atoms with Gasteiger partial charge in [-0.25, -0.2) is 13.1 Å². The molecule has 9 heteroatoms. The van der Waals surface area contributed by atoms with Crippen molar-refractivity contribution in [2.75, 3.05) is 12.4 Å². The van der Waals surface area contributed by atoms with Gasteiger partial charge in [0, 0.05) is 12.1 Å². The molecule has 3 aromatic rings. The Bertz CT molecular complexity index is 1110. The lowest BCUT2D eigenvalue weighted by Gasteiger charge is -2.07. The van der Waals surface area contributed by atoms with Crippen molar-refractivity contribution in [3.05, 3.63) is 76.5 Å². The number of ether oxygens (including phenoxy) is 1. The number of thiophene rings is 1. The zero-order valence-corrected chi connectivity index (χ0v) is 17.8. The van der Waals surface area contributed by atoms with Crippen LogP contribution in [0.4, 0.5) is 5.69 Å². The van der Waals surface area contributed by atoms with E-state index in [0.29, 0.717) is 22.7 Å². The number of hydrogen-bond donors (Lipinski definition) is 2. The van der Waals surface area contributed by atoms with Gasteiger partial charge in [0.25, 0.3) is 5.91 Å². The van der Waals surface area contributed by atoms with Crippen molar-refractivity contribution in [3.8, 4) is 5.75 Å². The minimum absolute atomic E-state index is 0.148. The molecule has 0 aliphatic heterocycles. The molecule has 0 fully saturated rings. The molecule has 3 rings (SSSR count). The molecular formula is C21H20N2O5S2. The van der Waals surface area contributed by atoms with Crippen molar-refractivity contribution in [2.24, 2.45) is 0 Å². The van der Waals surface area contributed by atoms with Gasteiger partial charge in [-0.3, -0.25) is 9.59 Å². The number of nitrogens with one attached hydrogen (secondary N) is 2. The van der Waals surface area contributed by atoms with Gasteiger partial charge in [0.15, 0.2) is 0 Å². The second-order valence-electron chi connectivity index (χ2n) is 6.28. The molecule has 0 radical (unpaired) electrons. The molecule has 7 nitrogen and oxygen atoms in total. The maximum absolute atomic E-state index is 12.1. The third-order valence-corrected chi connectivity index (χ3v) is 6.51. The number of sulfonamides is 1. The second-order valence-corrected chi connectivity index (χ2v) is 9.12. The lowest BCUT2D eigenvalue weighted by molar-refractivity contribution is -0.134. The summed E-state index contributed by atoms with van der Waals surface area (Å²) in [6.07, 6.45) is 0.572. The highest BCUT2D eigenvalue weighted by Gasteiger charge is 2.12. The number of benzene rings is 2. The predicted molar refractivity (Wildman–Crippen MR) is 115 cm³/mol. The summed E-state index contributed by atoms with van der Waals surface area (Å²) in [5.74, 6) is -0.217. The first kappa shape index (κ1) is 21.7. The van der Waals surface area contributed by atoms with E-state index in [0.717, 1.165) is 5.56 Å². The number of aryl methyl sites for hydroxylation is 1. The molecule has 0 saturated heterocycles. The molecule has 0 aliphatic rings. The Balaban J connectivity index is 1.49. The van der Waals surface area contributed by atoms with Crippen LogP contribution in [0.5, 0.6) is 5.75 Å². The van der Waals surface area contributed by atoms with Crippen LogP contribution in [0.15, 0.2) is 70.9 Å². The van der Waals surface area contributed by atoms with Crippen molar-refractivity contribution < 1.29 is 22.7 Å². The summed E-state index contributed by atoms with van der Waals surface area (Å²) in [5.41, 5.74) is 1.43. The van der Waals surface area contributed by atoms with Crippen molar-refractivity contribution in [3.63, 3.8) is 0 Å². The monoisotopic (exact) mass is 444 g/mol. The molecule has 156 valence electrons. The lowest BCUT2D eigenvalue weighted by atomic mass is 10.1. The third kappa shape index (κ3) is 5.76. The zero-order valence-electron chi connectivity index (χ0n) is 16.1. The molecule has 0 bridgehead atoms. The molecule has 30 heavy (non-hydrogen) atoms. The van der Waals surface area contributed by atoms with E-state index in [1.807, 2.05) is 5.38 Å². The van der Waals surface area contributed by atoms with E-state index in [1.165, 1.54) is 30.5 Å². The lowest BCUT2D eigenvalue weighted by Crippen LogP contribution is -2.18. The van der Waals surface area contributed by atoms with Crippen molar-refractivity contribution in [1.29, 1.82) is 0 Å². The Morgan fingerprint density at radius 3 is 2.30 bits per heavy atom. The van der Waals surface area contributed by atoms with Crippen LogP contribution < -0.4 is 14.8 Å². The van der Waals surface area contributed by atoms with Crippen LogP contribution in [-0.4, -0.2) is 27.3 Å². The van der Waals surface area contributed by atoms with Gasteiger partial charge in [0.1, 0.15) is 5.75 Å². The van der Waals surface area contributed by atoms with Gasteiger partial charge >= 0.3 is 5.97 Å². The summed E-state index contributed by atoms with van der Waals surface area (Å²) < 4.78 is 31.0. The molecule has 2 N–H and O–H groups in total. The van der Waals surface area contributed by atoms with Gasteiger partial charge in [-0.05, 0) is 66.9 Å². The van der Waals surface area contributed by atoms with Gasteiger partial charge in [-0.15, -0.1) is 11.3 Å². The molecule has 1 amide bonds. The zero-order chi connectivity index (χ0) is 21.6. The van der Waals surface area contributed by atoms with E-state index >= 15 is 0 Å². The van der Waals surface area contributed by atoms with Crippen LogP contribution in [0.1, 0.15) is 21.7 Å². The molecule has 1 aromatic heterocycles. The number of hydrogen-bond acceptors (Lipinski definition) is 6. The Kier molecular flexibility index (Phi) is 6.99. The van der Waals surface area contributed by atoms with E-state index in [4.69, 9.17) is 4.74 Å². The summed E-state index contributed by atoms with van der Waals surface area (Å²) in [4.78, 5) is 24.9. The number of esters is 1.